The van der Waals surface area contributed by atoms with Crippen LogP contribution in [0.4, 0.5) is 0 Å². The van der Waals surface area contributed by atoms with Crippen molar-refractivity contribution in [1.29, 1.82) is 0 Å². The van der Waals surface area contributed by atoms with Crippen LogP contribution in [0.1, 0.15) is 219 Å². The largest absolute Gasteiger partial charge is 0.394 e. The van der Waals surface area contributed by atoms with Crippen molar-refractivity contribution < 1.29 is 89.4 Å². The molecule has 0 aromatic heterocycles. The number of rotatable bonds is 44. The van der Waals surface area contributed by atoms with Gasteiger partial charge < -0.3 is 89.9 Å². The first-order valence-corrected chi connectivity index (χ1v) is 29.8. The fourth-order valence-corrected chi connectivity index (χ4v) is 10.5. The molecule has 444 valence electrons. The standard InChI is InChI=1S/C56H107NO18/c1-3-5-7-9-10-11-12-13-14-15-16-17-18-19-20-21-22-23-24-25-26-27-28-29-30-31-33-40(61)39(57-44(62)34-32-8-6-4-2)38-70-54-50(68)47(65)52(42(36-59)72-54)75-56-51(69)48(66)53(43(37-60)73-56)74-55-49(67)46(64)45(63)41(35-58)71-55/h39-43,45-56,58-61,63-69H,3-38H2,1-2H3,(H,57,62). The second-order valence-electron chi connectivity index (χ2n) is 21.8. The number of hydrogen-bond donors (Lipinski definition) is 12. The molecule has 1 amide bonds. The molecule has 3 heterocycles. The number of aliphatic hydroxyl groups excluding tert-OH is 11. The number of carbonyl (C=O) groups is 1. The van der Waals surface area contributed by atoms with Gasteiger partial charge >= 0.3 is 0 Å². The Morgan fingerprint density at radius 2 is 0.760 bits per heavy atom. The first-order chi connectivity index (χ1) is 36.3. The van der Waals surface area contributed by atoms with E-state index in [0.29, 0.717) is 12.8 Å². The van der Waals surface area contributed by atoms with E-state index in [1.54, 1.807) is 0 Å². The Morgan fingerprint density at radius 1 is 0.427 bits per heavy atom. The van der Waals surface area contributed by atoms with E-state index in [2.05, 4.69) is 19.2 Å². The van der Waals surface area contributed by atoms with E-state index in [4.69, 9.17) is 28.4 Å². The van der Waals surface area contributed by atoms with Crippen molar-refractivity contribution in [2.24, 2.45) is 0 Å². The molecule has 3 aliphatic rings. The fraction of sp³-hybridized carbons (Fsp3) is 0.982. The zero-order valence-electron chi connectivity index (χ0n) is 46.0. The van der Waals surface area contributed by atoms with Crippen LogP contribution in [0.15, 0.2) is 0 Å². The molecule has 0 aromatic rings. The third-order valence-corrected chi connectivity index (χ3v) is 15.4. The molecule has 17 unspecified atom stereocenters. The van der Waals surface area contributed by atoms with Crippen molar-refractivity contribution in [1.82, 2.24) is 5.32 Å². The predicted molar refractivity (Wildman–Crippen MR) is 282 cm³/mol. The average molecular weight is 1080 g/mol. The summed E-state index contributed by atoms with van der Waals surface area (Å²) < 4.78 is 34.1. The lowest BCUT2D eigenvalue weighted by atomic mass is 9.96. The summed E-state index contributed by atoms with van der Waals surface area (Å²) in [6.07, 6.45) is 11.6. The lowest BCUT2D eigenvalue weighted by Crippen LogP contribution is -2.66. The third-order valence-electron chi connectivity index (χ3n) is 15.4. The minimum absolute atomic E-state index is 0.258. The topological polar surface area (TPSA) is 307 Å². The second kappa shape index (κ2) is 40.9. The monoisotopic (exact) mass is 1080 g/mol. The van der Waals surface area contributed by atoms with Gasteiger partial charge in [0.05, 0.1) is 38.6 Å². The molecule has 3 fully saturated rings. The summed E-state index contributed by atoms with van der Waals surface area (Å²) in [6.45, 7) is 1.66. The maximum atomic E-state index is 13.0. The van der Waals surface area contributed by atoms with Gasteiger partial charge in [-0.15, -0.1) is 0 Å². The minimum atomic E-state index is -1.97. The Bertz CT molecular complexity index is 1390. The zero-order valence-corrected chi connectivity index (χ0v) is 46.0. The molecule has 3 rings (SSSR count). The molecule has 3 aliphatic heterocycles. The quantitative estimate of drug-likeness (QED) is 0.0364. The highest BCUT2D eigenvalue weighted by molar-refractivity contribution is 5.76. The molecule has 19 nitrogen and oxygen atoms in total. The summed E-state index contributed by atoms with van der Waals surface area (Å²) in [5.74, 6) is -0.258. The molecule has 0 radical (unpaired) electrons. The van der Waals surface area contributed by atoms with Crippen molar-refractivity contribution >= 4 is 5.91 Å². The van der Waals surface area contributed by atoms with Gasteiger partial charge in [0.25, 0.3) is 0 Å². The van der Waals surface area contributed by atoms with Gasteiger partial charge in [0.2, 0.25) is 5.91 Å². The number of nitrogens with one attached hydrogen (secondary N) is 1. The Morgan fingerprint density at radius 3 is 1.16 bits per heavy atom. The van der Waals surface area contributed by atoms with Gasteiger partial charge in [-0.1, -0.05) is 200 Å². The van der Waals surface area contributed by atoms with Crippen molar-refractivity contribution in [2.75, 3.05) is 26.4 Å². The molecule has 0 spiro atoms. The van der Waals surface area contributed by atoms with Gasteiger partial charge in [0.15, 0.2) is 18.9 Å². The van der Waals surface area contributed by atoms with Crippen LogP contribution in [0.3, 0.4) is 0 Å². The SMILES string of the molecule is CCCCCCCCCCCCCCCCCCCCCCCCCCCCC(O)C(COC1OC(CO)C(OC2OC(CO)C(OC3OC(CO)C(O)C(O)C3O)C(O)C2O)C(O)C1O)NC(=O)CCCCCC. The average Bonchev–Trinajstić information content (AvgIpc) is 3.41. The molecule has 0 aliphatic carbocycles. The van der Waals surface area contributed by atoms with Crippen LogP contribution in [0.2, 0.25) is 0 Å². The summed E-state index contributed by atoms with van der Waals surface area (Å²) >= 11 is 0. The number of unbranched alkanes of at least 4 members (excludes halogenated alkanes) is 28. The normalized spacial score (nSPS) is 31.1. The van der Waals surface area contributed by atoms with E-state index in [0.717, 1.165) is 44.9 Å². The van der Waals surface area contributed by atoms with Crippen LogP contribution in [0.5, 0.6) is 0 Å². The van der Waals surface area contributed by atoms with E-state index in [1.165, 1.54) is 141 Å². The van der Waals surface area contributed by atoms with Gasteiger partial charge in [-0.3, -0.25) is 4.79 Å². The van der Waals surface area contributed by atoms with Crippen molar-refractivity contribution in [3.63, 3.8) is 0 Å². The summed E-state index contributed by atoms with van der Waals surface area (Å²) in [4.78, 5) is 13.0. The Balaban J connectivity index is 1.36. The van der Waals surface area contributed by atoms with Crippen LogP contribution in [0.25, 0.3) is 0 Å². The number of aliphatic hydroxyl groups is 11. The highest BCUT2D eigenvalue weighted by atomic mass is 16.8. The zero-order chi connectivity index (χ0) is 54.8. The molecular weight excluding hydrogens is 975 g/mol. The molecule has 12 N–H and O–H groups in total. The molecule has 75 heavy (non-hydrogen) atoms. The van der Waals surface area contributed by atoms with E-state index in [1.807, 2.05) is 0 Å². The van der Waals surface area contributed by atoms with E-state index in [9.17, 15) is 61.0 Å². The molecular formula is C56H107NO18. The van der Waals surface area contributed by atoms with Gasteiger partial charge in [0.1, 0.15) is 73.2 Å². The molecule has 3 saturated heterocycles. The molecule has 0 saturated carbocycles. The van der Waals surface area contributed by atoms with Crippen LogP contribution in [-0.2, 0) is 33.2 Å². The number of carbonyl (C=O) groups excluding carboxylic acids is 1. The lowest BCUT2D eigenvalue weighted by Gasteiger charge is -2.48. The molecule has 0 aromatic carbocycles. The maximum absolute atomic E-state index is 13.0. The van der Waals surface area contributed by atoms with Crippen molar-refractivity contribution in [3.8, 4) is 0 Å². The first kappa shape index (κ1) is 68.1. The Hall–Kier alpha value is -1.21. The predicted octanol–water partition coefficient (Wildman–Crippen LogP) is 4.82. The summed E-state index contributed by atoms with van der Waals surface area (Å²) in [5.41, 5.74) is 0. The minimum Gasteiger partial charge on any atom is -0.394 e. The maximum Gasteiger partial charge on any atom is 0.220 e. The Kier molecular flexibility index (Phi) is 37.1. The van der Waals surface area contributed by atoms with Crippen LogP contribution >= 0.6 is 0 Å². The lowest BCUT2D eigenvalue weighted by molar-refractivity contribution is -0.379. The molecule has 17 atom stereocenters. The van der Waals surface area contributed by atoms with E-state index < -0.39 is 124 Å². The fourth-order valence-electron chi connectivity index (χ4n) is 10.5. The summed E-state index contributed by atoms with van der Waals surface area (Å²) in [7, 11) is 0. The van der Waals surface area contributed by atoms with Gasteiger partial charge in [-0.05, 0) is 12.8 Å². The van der Waals surface area contributed by atoms with E-state index in [-0.39, 0.29) is 18.9 Å². The van der Waals surface area contributed by atoms with Gasteiger partial charge in [-0.2, -0.15) is 0 Å². The van der Waals surface area contributed by atoms with Crippen LogP contribution < -0.4 is 5.32 Å². The van der Waals surface area contributed by atoms with Crippen molar-refractivity contribution in [3.05, 3.63) is 0 Å². The molecule has 0 bridgehead atoms. The summed E-state index contributed by atoms with van der Waals surface area (Å²) in [5, 5.41) is 120. The highest BCUT2D eigenvalue weighted by Crippen LogP contribution is 2.33. The second-order valence-corrected chi connectivity index (χ2v) is 21.8. The van der Waals surface area contributed by atoms with Gasteiger partial charge in [-0.25, -0.2) is 0 Å². The smallest absolute Gasteiger partial charge is 0.220 e. The van der Waals surface area contributed by atoms with Crippen molar-refractivity contribution in [2.45, 2.75) is 324 Å². The first-order valence-electron chi connectivity index (χ1n) is 29.8. The summed E-state index contributed by atoms with van der Waals surface area (Å²) in [6, 6.07) is -0.877. The number of hydrogen-bond acceptors (Lipinski definition) is 18. The Labute approximate surface area is 449 Å². The van der Waals surface area contributed by atoms with Crippen LogP contribution in [0, 0.1) is 0 Å². The van der Waals surface area contributed by atoms with E-state index >= 15 is 0 Å². The van der Waals surface area contributed by atoms with Crippen LogP contribution in [-0.4, -0.2) is 193 Å². The number of amides is 1. The highest BCUT2D eigenvalue weighted by Gasteiger charge is 2.53. The third kappa shape index (κ3) is 25.4. The number of ether oxygens (including phenoxy) is 6. The van der Waals surface area contributed by atoms with Gasteiger partial charge in [0, 0.05) is 6.42 Å². The molecule has 19 heteroatoms.